The van der Waals surface area contributed by atoms with Crippen molar-refractivity contribution in [2.75, 3.05) is 6.67 Å². The van der Waals surface area contributed by atoms with Crippen LogP contribution in [0.2, 0.25) is 0 Å². The van der Waals surface area contributed by atoms with E-state index < -0.39 is 0 Å². The number of aromatic nitrogens is 2. The van der Waals surface area contributed by atoms with Gasteiger partial charge in [-0.25, -0.2) is 0 Å². The predicted octanol–water partition coefficient (Wildman–Crippen LogP) is 1.15. The van der Waals surface area contributed by atoms with Crippen LogP contribution in [0, 0.1) is 0 Å². The number of pyridine rings is 2. The summed E-state index contributed by atoms with van der Waals surface area (Å²) in [6.07, 6.45) is 3.60. The van der Waals surface area contributed by atoms with Crippen molar-refractivity contribution in [2.45, 2.75) is 6.54 Å². The van der Waals surface area contributed by atoms with Gasteiger partial charge < -0.3 is 11.1 Å². The van der Waals surface area contributed by atoms with E-state index in [-0.39, 0.29) is 0 Å². The molecule has 4 nitrogen and oxygen atoms in total. The van der Waals surface area contributed by atoms with Gasteiger partial charge in [0, 0.05) is 25.6 Å². The smallest absolute Gasteiger partial charge is 0.0886 e. The van der Waals surface area contributed by atoms with E-state index in [1.807, 2.05) is 36.5 Å². The Labute approximate surface area is 94.5 Å². The zero-order valence-electron chi connectivity index (χ0n) is 8.93. The first kappa shape index (κ1) is 10.7. The van der Waals surface area contributed by atoms with E-state index in [0.29, 0.717) is 6.67 Å². The summed E-state index contributed by atoms with van der Waals surface area (Å²) in [5.41, 5.74) is 8.25. The summed E-state index contributed by atoms with van der Waals surface area (Å²) in [5, 5.41) is 3.05. The van der Waals surface area contributed by atoms with Crippen LogP contribution in [0.25, 0.3) is 11.4 Å². The molecule has 16 heavy (non-hydrogen) atoms. The van der Waals surface area contributed by atoms with E-state index in [1.54, 1.807) is 6.20 Å². The van der Waals surface area contributed by atoms with E-state index >= 15 is 0 Å². The fourth-order valence-corrected chi connectivity index (χ4v) is 1.41. The molecule has 0 saturated heterocycles. The lowest BCUT2D eigenvalue weighted by atomic mass is 10.2. The van der Waals surface area contributed by atoms with Crippen LogP contribution in [0.3, 0.4) is 0 Å². The van der Waals surface area contributed by atoms with Gasteiger partial charge in [0.1, 0.15) is 0 Å². The summed E-state index contributed by atoms with van der Waals surface area (Å²) in [7, 11) is 0. The molecule has 0 saturated carbocycles. The molecule has 2 aromatic heterocycles. The lowest BCUT2D eigenvalue weighted by molar-refractivity contribution is 0.707. The van der Waals surface area contributed by atoms with Gasteiger partial charge in [0.2, 0.25) is 0 Å². The van der Waals surface area contributed by atoms with Crippen molar-refractivity contribution in [3.63, 3.8) is 0 Å². The molecule has 0 amide bonds. The van der Waals surface area contributed by atoms with Gasteiger partial charge in [-0.2, -0.15) is 0 Å². The van der Waals surface area contributed by atoms with Crippen LogP contribution >= 0.6 is 0 Å². The summed E-state index contributed by atoms with van der Waals surface area (Å²) in [6, 6.07) is 9.78. The van der Waals surface area contributed by atoms with E-state index in [4.69, 9.17) is 5.73 Å². The molecular weight excluding hydrogens is 200 g/mol. The van der Waals surface area contributed by atoms with Gasteiger partial charge in [0.05, 0.1) is 11.4 Å². The molecule has 0 aliphatic heterocycles. The molecule has 3 N–H and O–H groups in total. The average Bonchev–Trinajstić information content (AvgIpc) is 2.38. The van der Waals surface area contributed by atoms with Gasteiger partial charge in [-0.05, 0) is 23.8 Å². The van der Waals surface area contributed by atoms with Crippen molar-refractivity contribution in [1.29, 1.82) is 0 Å². The maximum absolute atomic E-state index is 5.36. The van der Waals surface area contributed by atoms with Crippen LogP contribution in [0.15, 0.2) is 42.7 Å². The number of nitrogens with one attached hydrogen (secondary N) is 1. The Balaban J connectivity index is 2.13. The van der Waals surface area contributed by atoms with Crippen molar-refractivity contribution >= 4 is 0 Å². The van der Waals surface area contributed by atoms with Gasteiger partial charge in [-0.15, -0.1) is 0 Å². The van der Waals surface area contributed by atoms with Crippen molar-refractivity contribution in [2.24, 2.45) is 5.73 Å². The molecule has 2 rings (SSSR count). The van der Waals surface area contributed by atoms with Crippen LogP contribution in [-0.4, -0.2) is 16.6 Å². The van der Waals surface area contributed by atoms with Crippen molar-refractivity contribution in [1.82, 2.24) is 15.3 Å². The molecule has 0 aliphatic rings. The third kappa shape index (κ3) is 2.62. The maximum atomic E-state index is 5.36. The molecule has 4 heteroatoms. The Hall–Kier alpha value is -1.78. The van der Waals surface area contributed by atoms with Gasteiger partial charge >= 0.3 is 0 Å². The van der Waals surface area contributed by atoms with Crippen LogP contribution in [0.1, 0.15) is 5.56 Å². The van der Waals surface area contributed by atoms with Gasteiger partial charge in [-0.1, -0.05) is 12.1 Å². The summed E-state index contributed by atoms with van der Waals surface area (Å²) >= 11 is 0. The quantitative estimate of drug-likeness (QED) is 0.749. The van der Waals surface area contributed by atoms with Crippen LogP contribution < -0.4 is 11.1 Å². The first-order chi connectivity index (χ1) is 7.90. The van der Waals surface area contributed by atoms with Crippen LogP contribution in [0.5, 0.6) is 0 Å². The Morgan fingerprint density at radius 1 is 1.06 bits per heavy atom. The van der Waals surface area contributed by atoms with Crippen LogP contribution in [-0.2, 0) is 6.54 Å². The lowest BCUT2D eigenvalue weighted by Gasteiger charge is -2.03. The fraction of sp³-hybridized carbons (Fsp3) is 0.167. The average molecular weight is 214 g/mol. The van der Waals surface area contributed by atoms with E-state index in [2.05, 4.69) is 15.3 Å². The topological polar surface area (TPSA) is 63.8 Å². The van der Waals surface area contributed by atoms with E-state index in [0.717, 1.165) is 23.5 Å². The number of hydrogen-bond acceptors (Lipinski definition) is 4. The maximum Gasteiger partial charge on any atom is 0.0886 e. The molecule has 0 atom stereocenters. The minimum atomic E-state index is 0.474. The third-order valence-corrected chi connectivity index (χ3v) is 2.23. The molecule has 82 valence electrons. The highest BCUT2D eigenvalue weighted by Crippen LogP contribution is 2.13. The Morgan fingerprint density at radius 2 is 1.94 bits per heavy atom. The molecule has 0 unspecified atom stereocenters. The Morgan fingerprint density at radius 3 is 2.56 bits per heavy atom. The molecule has 0 aromatic carbocycles. The fourth-order valence-electron chi connectivity index (χ4n) is 1.41. The number of hydrogen-bond donors (Lipinski definition) is 2. The minimum absolute atomic E-state index is 0.474. The lowest BCUT2D eigenvalue weighted by Crippen LogP contribution is -2.21. The molecule has 2 aromatic rings. The largest absolute Gasteiger partial charge is 0.318 e. The summed E-state index contributed by atoms with van der Waals surface area (Å²) in [5.74, 6) is 0. The number of nitrogens with two attached hydrogens (primary N) is 1. The van der Waals surface area contributed by atoms with E-state index in [1.165, 1.54) is 0 Å². The highest BCUT2D eigenvalue weighted by molar-refractivity contribution is 5.53. The first-order valence-electron chi connectivity index (χ1n) is 5.17. The normalized spacial score (nSPS) is 10.3. The predicted molar refractivity (Wildman–Crippen MR) is 63.4 cm³/mol. The van der Waals surface area contributed by atoms with Crippen LogP contribution in [0.4, 0.5) is 0 Å². The standard InChI is InChI=1S/C12H14N4/c13-9-14-7-10-4-5-12(16-8-10)11-3-1-2-6-15-11/h1-6,8,14H,7,9,13H2. The first-order valence-corrected chi connectivity index (χ1v) is 5.17. The van der Waals surface area contributed by atoms with Gasteiger partial charge in [0.15, 0.2) is 0 Å². The zero-order chi connectivity index (χ0) is 11.2. The molecule has 0 bridgehead atoms. The second-order valence-electron chi connectivity index (χ2n) is 3.40. The molecule has 2 heterocycles. The molecular formula is C12H14N4. The van der Waals surface area contributed by atoms with Gasteiger partial charge in [0.25, 0.3) is 0 Å². The minimum Gasteiger partial charge on any atom is -0.318 e. The second-order valence-corrected chi connectivity index (χ2v) is 3.40. The second kappa shape index (κ2) is 5.34. The number of rotatable bonds is 4. The summed E-state index contributed by atoms with van der Waals surface area (Å²) < 4.78 is 0. The molecule has 0 radical (unpaired) electrons. The molecule has 0 aliphatic carbocycles. The Kier molecular flexibility index (Phi) is 3.58. The monoisotopic (exact) mass is 214 g/mol. The SMILES string of the molecule is NCNCc1ccc(-c2ccccn2)nc1. The van der Waals surface area contributed by atoms with Crippen molar-refractivity contribution in [3.8, 4) is 11.4 Å². The van der Waals surface area contributed by atoms with Crippen molar-refractivity contribution in [3.05, 3.63) is 48.3 Å². The Bertz CT molecular complexity index is 425. The van der Waals surface area contributed by atoms with Crippen molar-refractivity contribution < 1.29 is 0 Å². The highest BCUT2D eigenvalue weighted by Gasteiger charge is 1.99. The summed E-state index contributed by atoms with van der Waals surface area (Å²) in [4.78, 5) is 8.60. The third-order valence-electron chi connectivity index (χ3n) is 2.23. The zero-order valence-corrected chi connectivity index (χ0v) is 8.93. The molecule has 0 fully saturated rings. The molecule has 0 spiro atoms. The van der Waals surface area contributed by atoms with E-state index in [9.17, 15) is 0 Å². The van der Waals surface area contributed by atoms with Gasteiger partial charge in [-0.3, -0.25) is 9.97 Å². The summed E-state index contributed by atoms with van der Waals surface area (Å²) in [6.45, 7) is 1.22. The number of nitrogens with zero attached hydrogens (tertiary/aromatic N) is 2. The highest BCUT2D eigenvalue weighted by atomic mass is 14.9.